The molecule has 1 aromatic carbocycles. The monoisotopic (exact) mass is 351 g/mol. The number of phenols is 1. The zero-order valence-electron chi connectivity index (χ0n) is 9.90. The number of carbonyl (C=O) groups excluding carboxylic acids is 1. The molecule has 1 rings (SSSR count). The summed E-state index contributed by atoms with van der Waals surface area (Å²) >= 11 is -0.891. The summed E-state index contributed by atoms with van der Waals surface area (Å²) in [4.78, 5) is 10.7. The van der Waals surface area contributed by atoms with Gasteiger partial charge >= 0.3 is 88.1 Å². The van der Waals surface area contributed by atoms with E-state index < -0.39 is 20.1 Å². The maximum Gasteiger partial charge on any atom is 0.160 e. The van der Waals surface area contributed by atoms with Crippen LogP contribution in [0.2, 0.25) is 0 Å². The molecule has 0 saturated carbocycles. The second kappa shape index (κ2) is 7.15. The fraction of sp³-hybridized carbons (Fsp3) is 0.111. The van der Waals surface area contributed by atoms with Gasteiger partial charge in [-0.05, 0) is 12.2 Å². The Morgan fingerprint density at radius 3 is 2.21 bits per heavy atom. The van der Waals surface area contributed by atoms with E-state index in [1.165, 1.54) is 6.92 Å². The van der Waals surface area contributed by atoms with Crippen molar-refractivity contribution in [2.75, 3.05) is 5.32 Å². The predicted molar refractivity (Wildman–Crippen MR) is 73.9 cm³/mol. The number of rotatable bonds is 2. The molecule has 8 nitrogen and oxygen atoms in total. The molecule has 106 valence electrons. The number of amides is 1. The molecule has 0 spiro atoms. The van der Waals surface area contributed by atoms with Gasteiger partial charge < -0.3 is 11.5 Å². The average Bonchev–Trinajstić information content (AvgIpc) is 2.18. The standard InChI is InChI=1S/C8H10AsNO5.CH4N2S/c1-5(11)10-7-4-6(9(13,14)15)2-3-8(7)12;2-1(3)4/h2-4,12H,1H3,(H,10,11)(H2,13,14,15);(H4,2,3,4). The van der Waals surface area contributed by atoms with Crippen LogP contribution < -0.4 is 21.1 Å². The van der Waals surface area contributed by atoms with Gasteiger partial charge in [0.15, 0.2) is 5.11 Å². The molecule has 0 radical (unpaired) electrons. The summed E-state index contributed by atoms with van der Waals surface area (Å²) in [7, 11) is 0. The van der Waals surface area contributed by atoms with Crippen molar-refractivity contribution in [2.24, 2.45) is 11.5 Å². The van der Waals surface area contributed by atoms with Gasteiger partial charge in [-0.1, -0.05) is 0 Å². The summed E-state index contributed by atoms with van der Waals surface area (Å²) in [5.74, 6) is -0.668. The number of nitrogens with one attached hydrogen (secondary N) is 1. The van der Waals surface area contributed by atoms with Crippen molar-refractivity contribution in [3.8, 4) is 5.75 Å². The number of hydrogen-bond acceptors (Lipinski definition) is 4. The minimum absolute atomic E-state index is 0.000000000000000222. The zero-order chi connectivity index (χ0) is 15.2. The van der Waals surface area contributed by atoms with Crippen molar-refractivity contribution in [2.45, 2.75) is 6.92 Å². The first kappa shape index (κ1) is 17.5. The third-order valence-corrected chi connectivity index (χ3v) is 3.62. The van der Waals surface area contributed by atoms with E-state index in [0.717, 1.165) is 18.2 Å². The Balaban J connectivity index is 0.000000711. The molecule has 0 aliphatic rings. The van der Waals surface area contributed by atoms with Crippen molar-refractivity contribution in [1.29, 1.82) is 0 Å². The number of hydrogen-bond donors (Lipinski definition) is 6. The van der Waals surface area contributed by atoms with Gasteiger partial charge in [-0.25, -0.2) is 0 Å². The van der Waals surface area contributed by atoms with Crippen LogP contribution in [0, 0.1) is 0 Å². The number of anilines is 1. The van der Waals surface area contributed by atoms with Crippen LogP contribution in [-0.2, 0) is 8.53 Å². The van der Waals surface area contributed by atoms with Crippen LogP contribution >= 0.6 is 12.2 Å². The fourth-order valence-corrected chi connectivity index (χ4v) is 2.18. The smallest absolute Gasteiger partial charge is 0.160 e. The largest absolute Gasteiger partial charge is 0.377 e. The van der Waals surface area contributed by atoms with Crippen LogP contribution in [0.5, 0.6) is 5.75 Å². The Bertz CT molecular complexity index is 527. The number of phenolic OH excluding ortho intramolecular Hbond substituents is 1. The summed E-state index contributed by atoms with van der Waals surface area (Å²) in [5, 5.41) is 11.6. The second-order valence-corrected chi connectivity index (χ2v) is 7.17. The van der Waals surface area contributed by atoms with Crippen LogP contribution in [0.1, 0.15) is 6.92 Å². The Labute approximate surface area is 117 Å². The van der Waals surface area contributed by atoms with Gasteiger partial charge in [0.25, 0.3) is 0 Å². The normalized spacial score (nSPS) is 10.1. The average molecular weight is 351 g/mol. The zero-order valence-corrected chi connectivity index (χ0v) is 12.6. The number of aromatic hydroxyl groups is 1. The third kappa shape index (κ3) is 7.47. The van der Waals surface area contributed by atoms with E-state index in [0.29, 0.717) is 0 Å². The van der Waals surface area contributed by atoms with E-state index in [-0.39, 0.29) is 20.9 Å². The van der Waals surface area contributed by atoms with E-state index in [4.69, 9.17) is 8.19 Å². The third-order valence-electron chi connectivity index (χ3n) is 1.63. The Morgan fingerprint density at radius 1 is 1.37 bits per heavy atom. The van der Waals surface area contributed by atoms with Crippen LogP contribution in [0.25, 0.3) is 0 Å². The number of nitrogens with two attached hydrogens (primary N) is 2. The second-order valence-electron chi connectivity index (χ2n) is 3.33. The fourth-order valence-electron chi connectivity index (χ4n) is 0.995. The SMILES string of the molecule is CC(=O)Nc1cc([As](=O)(O)O)ccc1O.NC(N)=S. The Morgan fingerprint density at radius 2 is 1.84 bits per heavy atom. The topological polar surface area (TPSA) is 159 Å². The molecular weight excluding hydrogens is 337 g/mol. The molecular formula is C9H14AsN3O5S. The van der Waals surface area contributed by atoms with Crippen molar-refractivity contribution in [3.05, 3.63) is 18.2 Å². The Hall–Kier alpha value is -1.54. The van der Waals surface area contributed by atoms with Crippen molar-refractivity contribution in [1.82, 2.24) is 0 Å². The van der Waals surface area contributed by atoms with Crippen LogP contribution in [0.15, 0.2) is 18.2 Å². The molecule has 0 unspecified atom stereocenters. The summed E-state index contributed by atoms with van der Waals surface area (Å²) < 4.78 is 28.6. The molecule has 0 bridgehead atoms. The maximum absolute atomic E-state index is 10.9. The first-order valence-corrected chi connectivity index (χ1v) is 8.54. The van der Waals surface area contributed by atoms with Gasteiger partial charge in [0.05, 0.1) is 0 Å². The van der Waals surface area contributed by atoms with E-state index in [2.05, 4.69) is 29.0 Å². The molecule has 0 fully saturated rings. The number of thiocarbonyl (C=S) groups is 1. The predicted octanol–water partition coefficient (Wildman–Crippen LogP) is -1.90. The molecule has 0 aliphatic heterocycles. The summed E-state index contributed by atoms with van der Waals surface area (Å²) in [5.41, 5.74) is 9.23. The molecule has 0 aliphatic carbocycles. The molecule has 1 aromatic rings. The minimum atomic E-state index is -4.98. The molecule has 10 heteroatoms. The van der Waals surface area contributed by atoms with Crippen LogP contribution in [0.3, 0.4) is 0 Å². The molecule has 0 saturated heterocycles. The van der Waals surface area contributed by atoms with E-state index in [9.17, 15) is 13.6 Å². The molecule has 0 atom stereocenters. The summed E-state index contributed by atoms with van der Waals surface area (Å²) in [6.07, 6.45) is 0. The quantitative estimate of drug-likeness (QED) is 0.205. The van der Waals surface area contributed by atoms with Gasteiger partial charge in [-0.2, -0.15) is 0 Å². The van der Waals surface area contributed by atoms with E-state index >= 15 is 0 Å². The van der Waals surface area contributed by atoms with Crippen molar-refractivity contribution >= 4 is 47.4 Å². The first-order valence-electron chi connectivity index (χ1n) is 4.75. The van der Waals surface area contributed by atoms with Gasteiger partial charge in [-0.3, -0.25) is 0 Å². The van der Waals surface area contributed by atoms with Crippen molar-refractivity contribution < 1.29 is 21.8 Å². The molecule has 19 heavy (non-hydrogen) atoms. The minimum Gasteiger partial charge on any atom is -0.377 e. The van der Waals surface area contributed by atoms with Crippen molar-refractivity contribution in [3.63, 3.8) is 0 Å². The number of carbonyl (C=O) groups is 1. The first-order chi connectivity index (χ1) is 8.54. The van der Waals surface area contributed by atoms with Crippen LogP contribution in [0.4, 0.5) is 5.69 Å². The van der Waals surface area contributed by atoms with Gasteiger partial charge in [-0.15, -0.1) is 0 Å². The van der Waals surface area contributed by atoms with Gasteiger partial charge in [0.1, 0.15) is 0 Å². The maximum atomic E-state index is 10.9. The van der Waals surface area contributed by atoms with E-state index in [1.807, 2.05) is 0 Å². The van der Waals surface area contributed by atoms with Gasteiger partial charge in [0, 0.05) is 0 Å². The van der Waals surface area contributed by atoms with E-state index in [1.54, 1.807) is 0 Å². The number of benzene rings is 1. The molecule has 8 N–H and O–H groups in total. The van der Waals surface area contributed by atoms with Crippen LogP contribution in [-0.4, -0.2) is 38.5 Å². The Kier molecular flexibility index (Phi) is 6.57. The molecule has 0 heterocycles. The summed E-state index contributed by atoms with van der Waals surface area (Å²) in [6, 6.07) is 3.32. The molecule has 1 amide bonds. The molecule has 0 aromatic heterocycles. The van der Waals surface area contributed by atoms with Gasteiger partial charge in [0.2, 0.25) is 0 Å². The summed E-state index contributed by atoms with van der Waals surface area (Å²) in [6.45, 7) is 1.23.